The first kappa shape index (κ1) is 18.6. The SMILES string of the molecule is Nc1nc(Nc2ccc(F)cc2)sc1C(=O)c1ccc(OC(F)(F)F)cc1. The van der Waals surface area contributed by atoms with Crippen LogP contribution in [-0.4, -0.2) is 17.1 Å². The Balaban J connectivity index is 1.77. The molecular formula is C17H11F4N3O2S. The number of carbonyl (C=O) groups excluding carboxylic acids is 1. The van der Waals surface area contributed by atoms with Crippen molar-refractivity contribution in [1.29, 1.82) is 0 Å². The summed E-state index contributed by atoms with van der Waals surface area (Å²) in [5.41, 5.74) is 6.46. The number of hydrogen-bond donors (Lipinski definition) is 2. The minimum atomic E-state index is -4.81. The van der Waals surface area contributed by atoms with Crippen LogP contribution in [0, 0.1) is 5.82 Å². The van der Waals surface area contributed by atoms with Crippen LogP contribution in [0.5, 0.6) is 5.75 Å². The van der Waals surface area contributed by atoms with Gasteiger partial charge in [0.05, 0.1) is 0 Å². The zero-order valence-corrected chi connectivity index (χ0v) is 14.2. The predicted octanol–water partition coefficient (Wildman–Crippen LogP) is 4.74. The molecule has 0 unspecified atom stereocenters. The third-order valence-electron chi connectivity index (χ3n) is 3.31. The molecule has 5 nitrogen and oxygen atoms in total. The topological polar surface area (TPSA) is 77.2 Å². The van der Waals surface area contributed by atoms with Crippen molar-refractivity contribution < 1.29 is 27.1 Å². The van der Waals surface area contributed by atoms with E-state index < -0.39 is 23.7 Å². The summed E-state index contributed by atoms with van der Waals surface area (Å²) in [6.45, 7) is 0. The first-order valence-corrected chi connectivity index (χ1v) is 8.22. The van der Waals surface area contributed by atoms with E-state index in [2.05, 4.69) is 15.0 Å². The number of halogens is 4. The lowest BCUT2D eigenvalue weighted by molar-refractivity contribution is -0.274. The maximum atomic E-state index is 12.9. The lowest BCUT2D eigenvalue weighted by Crippen LogP contribution is -2.17. The second-order valence-corrected chi connectivity index (χ2v) is 6.27. The average molecular weight is 397 g/mol. The van der Waals surface area contributed by atoms with Gasteiger partial charge in [-0.1, -0.05) is 11.3 Å². The van der Waals surface area contributed by atoms with Gasteiger partial charge in [-0.3, -0.25) is 4.79 Å². The van der Waals surface area contributed by atoms with E-state index in [0.717, 1.165) is 23.5 Å². The average Bonchev–Trinajstić information content (AvgIpc) is 2.96. The van der Waals surface area contributed by atoms with Crippen molar-refractivity contribution in [3.8, 4) is 5.75 Å². The van der Waals surface area contributed by atoms with E-state index in [1.165, 1.54) is 36.4 Å². The molecule has 0 amide bonds. The number of benzene rings is 2. The molecule has 0 aliphatic heterocycles. The van der Waals surface area contributed by atoms with E-state index in [-0.39, 0.29) is 16.3 Å². The lowest BCUT2D eigenvalue weighted by atomic mass is 10.1. The van der Waals surface area contributed by atoms with Crippen molar-refractivity contribution >= 4 is 33.8 Å². The number of aromatic nitrogens is 1. The summed E-state index contributed by atoms with van der Waals surface area (Å²) in [6.07, 6.45) is -4.81. The number of alkyl halides is 3. The molecule has 3 aromatic rings. The molecule has 10 heteroatoms. The van der Waals surface area contributed by atoms with Crippen molar-refractivity contribution in [1.82, 2.24) is 4.98 Å². The first-order chi connectivity index (χ1) is 12.7. The summed E-state index contributed by atoms with van der Waals surface area (Å²) in [4.78, 5) is 16.7. The third kappa shape index (κ3) is 4.73. The molecule has 1 heterocycles. The molecule has 3 rings (SSSR count). The van der Waals surface area contributed by atoms with Crippen LogP contribution < -0.4 is 15.8 Å². The summed E-state index contributed by atoms with van der Waals surface area (Å²) >= 11 is 0.974. The molecule has 0 spiro atoms. The third-order valence-corrected chi connectivity index (χ3v) is 4.29. The minimum Gasteiger partial charge on any atom is -0.406 e. The lowest BCUT2D eigenvalue weighted by Gasteiger charge is -2.08. The van der Waals surface area contributed by atoms with Gasteiger partial charge in [-0.2, -0.15) is 0 Å². The van der Waals surface area contributed by atoms with Crippen LogP contribution in [0.15, 0.2) is 48.5 Å². The molecule has 0 aliphatic carbocycles. The number of carbonyl (C=O) groups is 1. The molecule has 0 atom stereocenters. The summed E-state index contributed by atoms with van der Waals surface area (Å²) in [5, 5.41) is 3.22. The van der Waals surface area contributed by atoms with Crippen molar-refractivity contribution in [3.05, 3.63) is 64.8 Å². The predicted molar refractivity (Wildman–Crippen MR) is 92.8 cm³/mol. The Bertz CT molecular complexity index is 954. The number of ketones is 1. The maximum Gasteiger partial charge on any atom is 0.573 e. The number of thiazole rings is 1. The molecule has 0 fully saturated rings. The second kappa shape index (κ2) is 7.23. The van der Waals surface area contributed by atoms with Gasteiger partial charge in [0.2, 0.25) is 5.78 Å². The van der Waals surface area contributed by atoms with E-state index >= 15 is 0 Å². The highest BCUT2D eigenvalue weighted by Gasteiger charge is 2.31. The number of nitrogens with one attached hydrogen (secondary N) is 1. The fourth-order valence-electron chi connectivity index (χ4n) is 2.14. The molecule has 2 aromatic carbocycles. The van der Waals surface area contributed by atoms with E-state index in [1.807, 2.05) is 0 Å². The van der Waals surface area contributed by atoms with Gasteiger partial charge in [0, 0.05) is 11.3 Å². The van der Waals surface area contributed by atoms with Gasteiger partial charge in [0.15, 0.2) is 5.13 Å². The summed E-state index contributed by atoms with van der Waals surface area (Å²) in [6, 6.07) is 9.99. The van der Waals surface area contributed by atoms with E-state index in [0.29, 0.717) is 10.8 Å². The normalized spacial score (nSPS) is 11.3. The van der Waals surface area contributed by atoms with Gasteiger partial charge >= 0.3 is 6.36 Å². The molecule has 0 aliphatic rings. The summed E-state index contributed by atoms with van der Waals surface area (Å²) in [7, 11) is 0. The zero-order valence-electron chi connectivity index (χ0n) is 13.4. The minimum absolute atomic E-state index is 0.0229. The molecule has 0 saturated heterocycles. The monoisotopic (exact) mass is 397 g/mol. The molecule has 0 radical (unpaired) electrons. The van der Waals surface area contributed by atoms with Gasteiger partial charge in [0.25, 0.3) is 0 Å². The van der Waals surface area contributed by atoms with Gasteiger partial charge in [0.1, 0.15) is 22.3 Å². The van der Waals surface area contributed by atoms with Gasteiger partial charge in [-0.05, 0) is 48.5 Å². The first-order valence-electron chi connectivity index (χ1n) is 7.41. The number of nitrogen functional groups attached to an aromatic ring is 1. The number of ether oxygens (including phenoxy) is 1. The Morgan fingerprint density at radius 2 is 1.70 bits per heavy atom. The molecule has 1 aromatic heterocycles. The number of anilines is 3. The Morgan fingerprint density at radius 1 is 1.07 bits per heavy atom. The van der Waals surface area contributed by atoms with Crippen LogP contribution in [0.1, 0.15) is 15.2 Å². The second-order valence-electron chi connectivity index (χ2n) is 5.27. The molecule has 0 saturated carbocycles. The molecule has 140 valence electrons. The summed E-state index contributed by atoms with van der Waals surface area (Å²) < 4.78 is 53.2. The Labute approximate surface area is 154 Å². The Hall–Kier alpha value is -3.14. The van der Waals surface area contributed by atoms with Crippen LogP contribution in [0.2, 0.25) is 0 Å². The smallest absolute Gasteiger partial charge is 0.406 e. The van der Waals surface area contributed by atoms with Gasteiger partial charge in [-0.25, -0.2) is 9.37 Å². The molecular weight excluding hydrogens is 386 g/mol. The van der Waals surface area contributed by atoms with Gasteiger partial charge in [-0.15, -0.1) is 13.2 Å². The highest BCUT2D eigenvalue weighted by Crippen LogP contribution is 2.30. The molecule has 0 bridgehead atoms. The summed E-state index contributed by atoms with van der Waals surface area (Å²) in [5.74, 6) is -1.34. The fourth-order valence-corrected chi connectivity index (χ4v) is 3.01. The van der Waals surface area contributed by atoms with E-state index in [1.54, 1.807) is 0 Å². The van der Waals surface area contributed by atoms with Crippen LogP contribution >= 0.6 is 11.3 Å². The standard InChI is InChI=1S/C17H11F4N3O2S/c18-10-3-5-11(6-4-10)23-16-24-15(22)14(27-16)13(25)9-1-7-12(8-2-9)26-17(19,20)21/h1-8H,22H2,(H,23,24). The van der Waals surface area contributed by atoms with E-state index in [9.17, 15) is 22.4 Å². The fraction of sp³-hybridized carbons (Fsp3) is 0.0588. The van der Waals surface area contributed by atoms with Crippen molar-refractivity contribution in [2.24, 2.45) is 0 Å². The largest absolute Gasteiger partial charge is 0.573 e. The number of nitrogens with zero attached hydrogens (tertiary/aromatic N) is 1. The molecule has 27 heavy (non-hydrogen) atoms. The Morgan fingerprint density at radius 3 is 2.30 bits per heavy atom. The van der Waals surface area contributed by atoms with Crippen molar-refractivity contribution in [2.45, 2.75) is 6.36 Å². The van der Waals surface area contributed by atoms with Crippen LogP contribution in [-0.2, 0) is 0 Å². The quantitative estimate of drug-likeness (QED) is 0.480. The van der Waals surface area contributed by atoms with Crippen LogP contribution in [0.25, 0.3) is 0 Å². The number of rotatable bonds is 5. The number of hydrogen-bond acceptors (Lipinski definition) is 6. The van der Waals surface area contributed by atoms with Gasteiger partial charge < -0.3 is 15.8 Å². The molecule has 3 N–H and O–H groups in total. The maximum absolute atomic E-state index is 12.9. The van der Waals surface area contributed by atoms with Crippen molar-refractivity contribution in [2.75, 3.05) is 11.1 Å². The van der Waals surface area contributed by atoms with Crippen LogP contribution in [0.3, 0.4) is 0 Å². The number of nitrogens with two attached hydrogens (primary N) is 1. The highest BCUT2D eigenvalue weighted by atomic mass is 32.1. The van der Waals surface area contributed by atoms with Crippen LogP contribution in [0.4, 0.5) is 34.2 Å². The van der Waals surface area contributed by atoms with Crippen molar-refractivity contribution in [3.63, 3.8) is 0 Å². The zero-order chi connectivity index (χ0) is 19.6. The van der Waals surface area contributed by atoms with E-state index in [4.69, 9.17) is 5.73 Å². The Kier molecular flexibility index (Phi) is 5.00. The highest BCUT2D eigenvalue weighted by molar-refractivity contribution is 7.18.